The predicted octanol–water partition coefficient (Wildman–Crippen LogP) is 3.12. The number of nitrogen functional groups attached to an aromatic ring is 1. The number of benzene rings is 2. The summed E-state index contributed by atoms with van der Waals surface area (Å²) in [7, 11) is 0. The fourth-order valence-electron chi connectivity index (χ4n) is 1.85. The van der Waals surface area contributed by atoms with Crippen LogP contribution >= 0.6 is 0 Å². The Bertz CT molecular complexity index is 619. The first-order valence-corrected chi connectivity index (χ1v) is 5.91. The zero-order valence-electron chi connectivity index (χ0n) is 10.4. The number of nitrogens with zero attached hydrogens (tertiary/aromatic N) is 1. The highest BCUT2D eigenvalue weighted by molar-refractivity contribution is 5.70. The predicted molar refractivity (Wildman–Crippen MR) is 76.3 cm³/mol. The summed E-state index contributed by atoms with van der Waals surface area (Å²) in [6.45, 7) is 0. The van der Waals surface area contributed by atoms with Gasteiger partial charge in [0.25, 0.3) is 0 Å². The Morgan fingerprint density at radius 2 is 1.74 bits per heavy atom. The fourth-order valence-corrected chi connectivity index (χ4v) is 1.85. The average molecular weight is 250 g/mol. The third-order valence-electron chi connectivity index (χ3n) is 2.85. The van der Waals surface area contributed by atoms with Crippen molar-refractivity contribution in [1.29, 1.82) is 5.26 Å². The molecular weight excluding hydrogens is 236 g/mol. The molecule has 0 spiro atoms. The summed E-state index contributed by atoms with van der Waals surface area (Å²) >= 11 is 0. The van der Waals surface area contributed by atoms with E-state index in [1.807, 2.05) is 36.4 Å². The maximum Gasteiger partial charge on any atom is 0.115 e. The summed E-state index contributed by atoms with van der Waals surface area (Å²) < 4.78 is 0. The van der Waals surface area contributed by atoms with Crippen LogP contribution in [0.4, 0.5) is 5.69 Å². The van der Waals surface area contributed by atoms with Gasteiger partial charge in [0, 0.05) is 11.8 Å². The Kier molecular flexibility index (Phi) is 3.84. The summed E-state index contributed by atoms with van der Waals surface area (Å²) in [6, 6.07) is 16.5. The molecular formula is C16H14N2O. The largest absolute Gasteiger partial charge is 0.508 e. The number of allylic oxidation sites excluding steroid dienone is 2. The van der Waals surface area contributed by atoms with Crippen LogP contribution in [0.3, 0.4) is 0 Å². The summed E-state index contributed by atoms with van der Waals surface area (Å²) in [5.41, 5.74) is 9.29. The van der Waals surface area contributed by atoms with Crippen LogP contribution in [0, 0.1) is 11.3 Å². The minimum absolute atomic E-state index is 0.238. The lowest BCUT2D eigenvalue weighted by molar-refractivity contribution is 0.475. The molecule has 0 atom stereocenters. The van der Waals surface area contributed by atoms with Crippen LogP contribution in [0.2, 0.25) is 0 Å². The monoisotopic (exact) mass is 250 g/mol. The molecule has 0 amide bonds. The first-order valence-electron chi connectivity index (χ1n) is 5.91. The number of rotatable bonds is 3. The van der Waals surface area contributed by atoms with Gasteiger partial charge in [-0.3, -0.25) is 0 Å². The van der Waals surface area contributed by atoms with Crippen LogP contribution in [-0.2, 0) is 6.42 Å². The van der Waals surface area contributed by atoms with Crippen LogP contribution in [0.15, 0.2) is 54.6 Å². The van der Waals surface area contributed by atoms with Crippen molar-refractivity contribution in [1.82, 2.24) is 0 Å². The van der Waals surface area contributed by atoms with Gasteiger partial charge in [-0.25, -0.2) is 0 Å². The Hall–Kier alpha value is -2.73. The number of phenols is 1. The molecule has 0 saturated heterocycles. The molecule has 2 aromatic rings. The smallest absolute Gasteiger partial charge is 0.115 e. The first kappa shape index (κ1) is 12.7. The number of anilines is 1. The Morgan fingerprint density at radius 1 is 1.11 bits per heavy atom. The number of nitriles is 1. The minimum atomic E-state index is 0.238. The van der Waals surface area contributed by atoms with Crippen LogP contribution in [0.1, 0.15) is 11.1 Å². The van der Waals surface area contributed by atoms with Crippen molar-refractivity contribution in [2.24, 2.45) is 0 Å². The van der Waals surface area contributed by atoms with Crippen molar-refractivity contribution in [2.45, 2.75) is 6.42 Å². The molecule has 0 aromatic heterocycles. The molecule has 3 nitrogen and oxygen atoms in total. The lowest BCUT2D eigenvalue weighted by Crippen LogP contribution is -1.92. The Morgan fingerprint density at radius 3 is 2.32 bits per heavy atom. The summed E-state index contributed by atoms with van der Waals surface area (Å²) in [5.74, 6) is 0.238. The molecule has 2 rings (SSSR count). The van der Waals surface area contributed by atoms with Gasteiger partial charge in [-0.1, -0.05) is 24.3 Å². The van der Waals surface area contributed by atoms with Gasteiger partial charge in [0.2, 0.25) is 0 Å². The van der Waals surface area contributed by atoms with E-state index in [4.69, 9.17) is 11.0 Å². The van der Waals surface area contributed by atoms with Crippen molar-refractivity contribution in [2.75, 3.05) is 5.73 Å². The van der Waals surface area contributed by atoms with Gasteiger partial charge < -0.3 is 10.8 Å². The second kappa shape index (κ2) is 5.74. The minimum Gasteiger partial charge on any atom is -0.508 e. The van der Waals surface area contributed by atoms with Crippen molar-refractivity contribution in [3.8, 4) is 11.8 Å². The molecule has 94 valence electrons. The normalized spacial score (nSPS) is 11.0. The molecule has 0 aliphatic rings. The van der Waals surface area contributed by atoms with Gasteiger partial charge in [-0.15, -0.1) is 0 Å². The first-order chi connectivity index (χ1) is 9.19. The molecule has 19 heavy (non-hydrogen) atoms. The number of nitrogens with two attached hydrogens (primary N) is 1. The molecule has 0 aliphatic heterocycles. The molecule has 0 saturated carbocycles. The van der Waals surface area contributed by atoms with Gasteiger partial charge in [0.1, 0.15) is 5.75 Å². The zero-order valence-corrected chi connectivity index (χ0v) is 10.4. The van der Waals surface area contributed by atoms with E-state index < -0.39 is 0 Å². The molecule has 2 aromatic carbocycles. The van der Waals surface area contributed by atoms with Crippen molar-refractivity contribution in [3.63, 3.8) is 0 Å². The molecule has 3 N–H and O–H groups in total. The lowest BCUT2D eigenvalue weighted by Gasteiger charge is -2.07. The van der Waals surface area contributed by atoms with Crippen molar-refractivity contribution in [3.05, 3.63) is 65.7 Å². The van der Waals surface area contributed by atoms with E-state index in [9.17, 15) is 5.11 Å². The van der Waals surface area contributed by atoms with Gasteiger partial charge in [-0.05, 0) is 47.4 Å². The number of hydrogen-bond donors (Lipinski definition) is 2. The van der Waals surface area contributed by atoms with Crippen LogP contribution in [-0.4, -0.2) is 5.11 Å². The van der Waals surface area contributed by atoms with E-state index in [-0.39, 0.29) is 5.75 Å². The number of phenolic OH excluding ortho intramolecular Hbond substituents is 1. The molecule has 3 heteroatoms. The van der Waals surface area contributed by atoms with Gasteiger partial charge in [0.15, 0.2) is 0 Å². The topological polar surface area (TPSA) is 70.0 Å². The maximum atomic E-state index is 9.26. The molecule has 0 heterocycles. The fraction of sp³-hybridized carbons (Fsp3) is 0.0625. The van der Waals surface area contributed by atoms with E-state index in [0.717, 1.165) is 16.7 Å². The van der Waals surface area contributed by atoms with Gasteiger partial charge in [0.05, 0.1) is 6.07 Å². The molecule has 0 fully saturated rings. The number of hydrogen-bond acceptors (Lipinski definition) is 3. The van der Waals surface area contributed by atoms with Crippen molar-refractivity contribution >= 4 is 11.3 Å². The molecule has 0 unspecified atom stereocenters. The molecule has 0 bridgehead atoms. The number of aromatic hydroxyl groups is 1. The highest BCUT2D eigenvalue weighted by atomic mass is 16.3. The van der Waals surface area contributed by atoms with E-state index in [1.165, 1.54) is 0 Å². The highest BCUT2D eigenvalue weighted by Crippen LogP contribution is 2.21. The second-order valence-electron chi connectivity index (χ2n) is 4.26. The van der Waals surface area contributed by atoms with E-state index in [2.05, 4.69) is 6.07 Å². The summed E-state index contributed by atoms with van der Waals surface area (Å²) in [6.07, 6.45) is 2.18. The molecule has 0 aliphatic carbocycles. The van der Waals surface area contributed by atoms with E-state index >= 15 is 0 Å². The van der Waals surface area contributed by atoms with E-state index in [1.54, 1.807) is 18.2 Å². The van der Waals surface area contributed by atoms with Crippen LogP contribution < -0.4 is 5.73 Å². The Labute approximate surface area is 112 Å². The average Bonchev–Trinajstić information content (AvgIpc) is 2.42. The van der Waals surface area contributed by atoms with Gasteiger partial charge >= 0.3 is 0 Å². The summed E-state index contributed by atoms with van der Waals surface area (Å²) in [5, 5.41) is 18.1. The third kappa shape index (κ3) is 3.36. The summed E-state index contributed by atoms with van der Waals surface area (Å²) in [4.78, 5) is 0. The third-order valence-corrected chi connectivity index (χ3v) is 2.85. The van der Waals surface area contributed by atoms with E-state index in [0.29, 0.717) is 12.1 Å². The SMILES string of the molecule is N#CC=C(Cc1ccc(O)cc1)c1ccc(N)cc1. The standard InChI is InChI=1S/C16H14N2O/c17-10-9-14(13-3-5-15(18)6-4-13)11-12-1-7-16(19)8-2-12/h1-9,19H,11,18H2. The van der Waals surface area contributed by atoms with Crippen molar-refractivity contribution < 1.29 is 5.11 Å². The van der Waals surface area contributed by atoms with Crippen LogP contribution in [0.25, 0.3) is 5.57 Å². The second-order valence-corrected chi connectivity index (χ2v) is 4.26. The Balaban J connectivity index is 2.27. The zero-order chi connectivity index (χ0) is 13.7. The maximum absolute atomic E-state index is 9.26. The quantitative estimate of drug-likeness (QED) is 0.649. The van der Waals surface area contributed by atoms with Gasteiger partial charge in [-0.2, -0.15) is 5.26 Å². The lowest BCUT2D eigenvalue weighted by atomic mass is 9.98. The molecule has 0 radical (unpaired) electrons. The highest BCUT2D eigenvalue weighted by Gasteiger charge is 2.03. The van der Waals surface area contributed by atoms with Crippen LogP contribution in [0.5, 0.6) is 5.75 Å².